The molecule has 0 atom stereocenters. The van der Waals surface area contributed by atoms with Crippen molar-refractivity contribution >= 4 is 23.2 Å². The van der Waals surface area contributed by atoms with E-state index in [4.69, 9.17) is 11.6 Å². The topological polar surface area (TPSA) is 66.6 Å². The smallest absolute Gasteiger partial charge is 0.257 e. The zero-order valence-electron chi connectivity index (χ0n) is 16.9. The molecule has 0 bridgehead atoms. The Morgan fingerprint density at radius 3 is 2.42 bits per heavy atom. The molecule has 0 saturated carbocycles. The third-order valence-electron chi connectivity index (χ3n) is 5.44. The maximum atomic E-state index is 12.9. The summed E-state index contributed by atoms with van der Waals surface area (Å²) in [6, 6.07) is 13.5. The molecule has 1 fully saturated rings. The molecule has 3 aromatic heterocycles. The van der Waals surface area contributed by atoms with Gasteiger partial charge in [0.25, 0.3) is 5.91 Å². The second-order valence-electron chi connectivity index (χ2n) is 7.57. The van der Waals surface area contributed by atoms with E-state index in [1.165, 1.54) is 0 Å². The molecule has 7 nitrogen and oxygen atoms in total. The Labute approximate surface area is 184 Å². The van der Waals surface area contributed by atoms with Gasteiger partial charge in [-0.25, -0.2) is 15.0 Å². The van der Waals surface area contributed by atoms with Crippen LogP contribution in [0, 0.1) is 0 Å². The molecule has 8 heteroatoms. The number of piperazine rings is 1. The fraction of sp³-hybridized carbons (Fsp3) is 0.217. The minimum atomic E-state index is -0.0263. The lowest BCUT2D eigenvalue weighted by Crippen LogP contribution is -2.48. The molecule has 0 radical (unpaired) electrons. The van der Waals surface area contributed by atoms with Gasteiger partial charge < -0.3 is 9.30 Å². The van der Waals surface area contributed by atoms with Gasteiger partial charge in [-0.2, -0.15) is 0 Å². The molecule has 156 valence electrons. The van der Waals surface area contributed by atoms with Gasteiger partial charge in [0.15, 0.2) is 5.82 Å². The Morgan fingerprint density at radius 2 is 1.68 bits per heavy atom. The Balaban J connectivity index is 1.19. The van der Waals surface area contributed by atoms with E-state index in [9.17, 15) is 4.79 Å². The maximum absolute atomic E-state index is 12.9. The molecule has 5 rings (SSSR count). The van der Waals surface area contributed by atoms with E-state index in [0.717, 1.165) is 36.5 Å². The van der Waals surface area contributed by atoms with Crippen LogP contribution in [-0.2, 0) is 6.54 Å². The first-order chi connectivity index (χ1) is 15.2. The summed E-state index contributed by atoms with van der Waals surface area (Å²) in [5.74, 6) is 0.595. The van der Waals surface area contributed by atoms with E-state index in [0.29, 0.717) is 29.5 Å². The number of imidazole rings is 1. The van der Waals surface area contributed by atoms with Crippen molar-refractivity contribution in [1.29, 1.82) is 0 Å². The van der Waals surface area contributed by atoms with Crippen LogP contribution < -0.4 is 0 Å². The van der Waals surface area contributed by atoms with Gasteiger partial charge in [0.2, 0.25) is 0 Å². The van der Waals surface area contributed by atoms with Crippen LogP contribution >= 0.6 is 11.6 Å². The number of halogens is 1. The molecule has 31 heavy (non-hydrogen) atoms. The number of pyridine rings is 1. The maximum Gasteiger partial charge on any atom is 0.257 e. The number of nitrogens with zero attached hydrogens (tertiary/aromatic N) is 6. The first-order valence-electron chi connectivity index (χ1n) is 10.2. The minimum Gasteiger partial charge on any atom is -0.336 e. The fourth-order valence-corrected chi connectivity index (χ4v) is 3.96. The summed E-state index contributed by atoms with van der Waals surface area (Å²) in [7, 11) is 0. The number of hydrogen-bond donors (Lipinski definition) is 0. The number of rotatable bonds is 4. The minimum absolute atomic E-state index is 0.0263. The summed E-state index contributed by atoms with van der Waals surface area (Å²) in [4.78, 5) is 30.4. The van der Waals surface area contributed by atoms with Crippen LogP contribution in [0.5, 0.6) is 0 Å². The van der Waals surface area contributed by atoms with E-state index in [1.807, 2.05) is 64.2 Å². The van der Waals surface area contributed by atoms with Crippen molar-refractivity contribution in [2.24, 2.45) is 0 Å². The molecule has 1 aliphatic heterocycles. The van der Waals surface area contributed by atoms with Gasteiger partial charge in [0.05, 0.1) is 16.3 Å². The van der Waals surface area contributed by atoms with E-state index < -0.39 is 0 Å². The number of benzene rings is 1. The summed E-state index contributed by atoms with van der Waals surface area (Å²) in [6.07, 6.45) is 7.09. The van der Waals surface area contributed by atoms with Crippen LogP contribution in [0.4, 0.5) is 0 Å². The van der Waals surface area contributed by atoms with Crippen LogP contribution in [0.3, 0.4) is 0 Å². The lowest BCUT2D eigenvalue weighted by atomic mass is 10.2. The van der Waals surface area contributed by atoms with Crippen LogP contribution in [0.25, 0.3) is 17.0 Å². The number of fused-ring (bicyclic) bond motifs is 1. The van der Waals surface area contributed by atoms with E-state index in [1.54, 1.807) is 12.4 Å². The lowest BCUT2D eigenvalue weighted by Gasteiger charge is -2.34. The summed E-state index contributed by atoms with van der Waals surface area (Å²) >= 11 is 6.05. The third-order valence-corrected chi connectivity index (χ3v) is 5.66. The van der Waals surface area contributed by atoms with E-state index >= 15 is 0 Å². The third kappa shape index (κ3) is 4.28. The van der Waals surface area contributed by atoms with E-state index in [-0.39, 0.29) is 5.91 Å². The molecule has 4 heterocycles. The van der Waals surface area contributed by atoms with Crippen LogP contribution in [0.1, 0.15) is 16.1 Å². The van der Waals surface area contributed by atoms with Crippen molar-refractivity contribution in [3.05, 3.63) is 83.5 Å². The van der Waals surface area contributed by atoms with Gasteiger partial charge in [0.1, 0.15) is 5.65 Å². The molecule has 1 aromatic carbocycles. The molecule has 0 spiro atoms. The Bertz CT molecular complexity index is 1200. The van der Waals surface area contributed by atoms with Gasteiger partial charge in [-0.05, 0) is 12.1 Å². The van der Waals surface area contributed by atoms with Crippen molar-refractivity contribution in [2.75, 3.05) is 26.2 Å². The average molecular weight is 433 g/mol. The van der Waals surface area contributed by atoms with Crippen molar-refractivity contribution < 1.29 is 4.79 Å². The first kappa shape index (κ1) is 19.7. The van der Waals surface area contributed by atoms with Crippen molar-refractivity contribution in [3.63, 3.8) is 0 Å². The molecule has 0 aliphatic carbocycles. The summed E-state index contributed by atoms with van der Waals surface area (Å²) in [5.41, 5.74) is 3.33. The van der Waals surface area contributed by atoms with Crippen molar-refractivity contribution in [3.8, 4) is 11.4 Å². The highest BCUT2D eigenvalue weighted by Crippen LogP contribution is 2.16. The zero-order valence-corrected chi connectivity index (χ0v) is 17.6. The number of amides is 1. The molecule has 0 unspecified atom stereocenters. The average Bonchev–Trinajstić information content (AvgIpc) is 3.21. The molecule has 4 aromatic rings. The molecule has 1 aliphatic rings. The predicted octanol–water partition coefficient (Wildman–Crippen LogP) is 3.40. The number of carbonyl (C=O) groups excluding carboxylic acids is 1. The zero-order chi connectivity index (χ0) is 21.2. The van der Waals surface area contributed by atoms with Crippen LogP contribution in [-0.4, -0.2) is 61.2 Å². The van der Waals surface area contributed by atoms with Gasteiger partial charge in [0, 0.05) is 63.1 Å². The number of hydrogen-bond acceptors (Lipinski definition) is 5. The molecular weight excluding hydrogens is 412 g/mol. The van der Waals surface area contributed by atoms with Crippen LogP contribution in [0.15, 0.2) is 67.3 Å². The Hall–Kier alpha value is -3.29. The van der Waals surface area contributed by atoms with Crippen LogP contribution in [0.2, 0.25) is 5.02 Å². The summed E-state index contributed by atoms with van der Waals surface area (Å²) in [6.45, 7) is 3.67. The Kier molecular flexibility index (Phi) is 5.36. The molecule has 0 N–H and O–H groups in total. The first-order valence-corrected chi connectivity index (χ1v) is 10.6. The quantitative estimate of drug-likeness (QED) is 0.494. The molecule has 1 amide bonds. The van der Waals surface area contributed by atoms with Gasteiger partial charge in [-0.15, -0.1) is 0 Å². The largest absolute Gasteiger partial charge is 0.336 e. The second kappa shape index (κ2) is 8.45. The molecule has 1 saturated heterocycles. The van der Waals surface area contributed by atoms with Gasteiger partial charge in [-0.1, -0.05) is 41.9 Å². The molecular formula is C23H21ClN6O. The lowest BCUT2D eigenvalue weighted by molar-refractivity contribution is 0.0626. The standard InChI is InChI=1S/C23H21ClN6O/c24-19-6-7-21-27-20(16-30(21)14-19)15-28-8-10-29(11-9-28)23(31)18-12-25-22(26-13-18)17-4-2-1-3-5-17/h1-7,12-14,16H,8-11,15H2. The highest BCUT2D eigenvalue weighted by atomic mass is 35.5. The highest BCUT2D eigenvalue weighted by molar-refractivity contribution is 6.30. The predicted molar refractivity (Wildman–Crippen MR) is 119 cm³/mol. The highest BCUT2D eigenvalue weighted by Gasteiger charge is 2.23. The summed E-state index contributed by atoms with van der Waals surface area (Å²) in [5, 5.41) is 0.685. The second-order valence-corrected chi connectivity index (χ2v) is 8.01. The van der Waals surface area contributed by atoms with Gasteiger partial charge >= 0.3 is 0 Å². The summed E-state index contributed by atoms with van der Waals surface area (Å²) < 4.78 is 1.94. The monoisotopic (exact) mass is 432 g/mol. The van der Waals surface area contributed by atoms with Crippen molar-refractivity contribution in [2.45, 2.75) is 6.54 Å². The Morgan fingerprint density at radius 1 is 0.935 bits per heavy atom. The van der Waals surface area contributed by atoms with E-state index in [2.05, 4.69) is 19.9 Å². The van der Waals surface area contributed by atoms with Crippen molar-refractivity contribution in [1.82, 2.24) is 29.2 Å². The normalized spacial score (nSPS) is 14.8. The fourth-order valence-electron chi connectivity index (χ4n) is 3.79. The SMILES string of the molecule is O=C(c1cnc(-c2ccccc2)nc1)N1CCN(Cc2cn3cc(Cl)ccc3n2)CC1. The number of aromatic nitrogens is 4. The number of carbonyl (C=O) groups is 1. The van der Waals surface area contributed by atoms with Gasteiger partial charge in [-0.3, -0.25) is 9.69 Å².